The number of aryl methyl sites for hydroxylation is 1. The van der Waals surface area contributed by atoms with Crippen molar-refractivity contribution in [2.24, 2.45) is 0 Å². The van der Waals surface area contributed by atoms with Crippen LogP contribution in [0.1, 0.15) is 42.3 Å². The Bertz CT molecular complexity index is 976. The van der Waals surface area contributed by atoms with Crippen LogP contribution in [-0.2, 0) is 10.2 Å². The molecule has 2 aromatic carbocycles. The van der Waals surface area contributed by atoms with Gasteiger partial charge in [0.25, 0.3) is 11.8 Å². The molecular weight excluding hydrogens is 490 g/mol. The molecule has 3 N–H and O–H groups in total. The highest BCUT2D eigenvalue weighted by atomic mass is 79.9. The van der Waals surface area contributed by atoms with Crippen molar-refractivity contribution < 1.29 is 14.3 Å². The summed E-state index contributed by atoms with van der Waals surface area (Å²) in [7, 11) is 0. The van der Waals surface area contributed by atoms with Gasteiger partial charge in [-0.2, -0.15) is 0 Å². The number of hydrogen-bond donors (Lipinski definition) is 3. The lowest BCUT2D eigenvalue weighted by molar-refractivity contribution is -0.123. The Morgan fingerprint density at radius 1 is 1.13 bits per heavy atom. The zero-order valence-corrected chi connectivity index (χ0v) is 20.2. The van der Waals surface area contributed by atoms with Crippen molar-refractivity contribution in [1.29, 1.82) is 0 Å². The molecule has 160 valence electrons. The van der Waals surface area contributed by atoms with E-state index in [9.17, 15) is 9.59 Å². The van der Waals surface area contributed by atoms with E-state index >= 15 is 0 Å². The summed E-state index contributed by atoms with van der Waals surface area (Å²) < 4.78 is 6.23. The van der Waals surface area contributed by atoms with Crippen LogP contribution >= 0.6 is 39.7 Å². The van der Waals surface area contributed by atoms with E-state index < -0.39 is 11.8 Å². The van der Waals surface area contributed by atoms with Gasteiger partial charge >= 0.3 is 0 Å². The predicted octanol–water partition coefficient (Wildman–Crippen LogP) is 4.42. The minimum atomic E-state index is -0.462. The molecule has 0 atom stereocenters. The molecule has 2 rings (SSSR count). The average Bonchev–Trinajstić information content (AvgIpc) is 2.66. The number of carbonyl (C=O) groups is 2. The van der Waals surface area contributed by atoms with Crippen molar-refractivity contribution in [2.75, 3.05) is 6.61 Å². The van der Waals surface area contributed by atoms with Crippen molar-refractivity contribution in [1.82, 2.24) is 16.2 Å². The Labute approximate surface area is 194 Å². The summed E-state index contributed by atoms with van der Waals surface area (Å²) in [6, 6.07) is 10.5. The lowest BCUT2D eigenvalue weighted by atomic mass is 9.86. The largest absolute Gasteiger partial charge is 0.484 e. The van der Waals surface area contributed by atoms with Gasteiger partial charge in [-0.1, -0.05) is 54.4 Å². The summed E-state index contributed by atoms with van der Waals surface area (Å²) in [4.78, 5) is 24.3. The molecule has 2 amide bonds. The Morgan fingerprint density at radius 2 is 1.83 bits per heavy atom. The molecule has 0 spiro atoms. The van der Waals surface area contributed by atoms with Gasteiger partial charge in [0.15, 0.2) is 11.7 Å². The number of benzene rings is 2. The Kier molecular flexibility index (Phi) is 8.23. The fraction of sp³-hybridized carbons (Fsp3) is 0.286. The molecule has 0 saturated carbocycles. The Hall–Kier alpha value is -2.16. The maximum atomic E-state index is 12.4. The minimum absolute atomic E-state index is 0.0355. The van der Waals surface area contributed by atoms with Crippen molar-refractivity contribution in [3.05, 3.63) is 62.6 Å². The standard InChI is InChI=1S/C21H23BrClN3O3S/c1-12-9-14(6-8-17(12)23)29-11-18(27)25-26-20(30)24-19(28)13-5-7-15(16(22)10-13)21(2,3)4/h5-10H,11H2,1-4H3,(H,25,27)(H2,24,26,28,30). The number of ether oxygens (including phenoxy) is 1. The minimum Gasteiger partial charge on any atom is -0.484 e. The van der Waals surface area contributed by atoms with Gasteiger partial charge in [0, 0.05) is 15.1 Å². The summed E-state index contributed by atoms with van der Waals surface area (Å²) in [5, 5.41) is 3.10. The van der Waals surface area contributed by atoms with Gasteiger partial charge < -0.3 is 4.74 Å². The monoisotopic (exact) mass is 511 g/mol. The van der Waals surface area contributed by atoms with Crippen molar-refractivity contribution >= 4 is 56.7 Å². The van der Waals surface area contributed by atoms with E-state index in [2.05, 4.69) is 52.9 Å². The first-order valence-corrected chi connectivity index (χ1v) is 10.6. The molecule has 0 aliphatic heterocycles. The summed E-state index contributed by atoms with van der Waals surface area (Å²) >= 11 is 14.5. The van der Waals surface area contributed by atoms with Crippen molar-refractivity contribution in [3.63, 3.8) is 0 Å². The Morgan fingerprint density at radius 3 is 2.43 bits per heavy atom. The van der Waals surface area contributed by atoms with E-state index in [0.29, 0.717) is 16.3 Å². The number of rotatable bonds is 4. The van der Waals surface area contributed by atoms with Crippen LogP contribution < -0.4 is 20.9 Å². The smallest absolute Gasteiger partial charge is 0.276 e. The zero-order valence-electron chi connectivity index (χ0n) is 17.1. The van der Waals surface area contributed by atoms with Gasteiger partial charge in [-0.15, -0.1) is 0 Å². The molecule has 2 aromatic rings. The van der Waals surface area contributed by atoms with Crippen LogP contribution in [0.5, 0.6) is 5.75 Å². The number of carbonyl (C=O) groups excluding carboxylic acids is 2. The zero-order chi connectivity index (χ0) is 22.5. The van der Waals surface area contributed by atoms with Gasteiger partial charge in [-0.25, -0.2) is 0 Å². The lowest BCUT2D eigenvalue weighted by Crippen LogP contribution is -2.49. The summed E-state index contributed by atoms with van der Waals surface area (Å²) in [5.74, 6) is -0.334. The van der Waals surface area contributed by atoms with Crippen LogP contribution in [0.2, 0.25) is 5.02 Å². The molecule has 0 aliphatic rings. The second-order valence-corrected chi connectivity index (χ2v) is 9.27. The first-order valence-electron chi connectivity index (χ1n) is 9.06. The highest BCUT2D eigenvalue weighted by Gasteiger charge is 2.18. The third kappa shape index (κ3) is 6.97. The molecule has 0 heterocycles. The Balaban J connectivity index is 1.82. The van der Waals surface area contributed by atoms with E-state index in [4.69, 9.17) is 28.6 Å². The molecule has 0 radical (unpaired) electrons. The highest BCUT2D eigenvalue weighted by Crippen LogP contribution is 2.30. The lowest BCUT2D eigenvalue weighted by Gasteiger charge is -2.21. The van der Waals surface area contributed by atoms with E-state index in [1.807, 2.05) is 13.0 Å². The van der Waals surface area contributed by atoms with E-state index in [-0.39, 0.29) is 17.1 Å². The van der Waals surface area contributed by atoms with Gasteiger partial charge in [-0.3, -0.25) is 25.8 Å². The van der Waals surface area contributed by atoms with Crippen molar-refractivity contribution in [3.8, 4) is 5.75 Å². The average molecular weight is 513 g/mol. The van der Waals surface area contributed by atoms with Gasteiger partial charge in [0.2, 0.25) is 0 Å². The predicted molar refractivity (Wildman–Crippen MR) is 126 cm³/mol. The van der Waals surface area contributed by atoms with Gasteiger partial charge in [0.1, 0.15) is 5.75 Å². The fourth-order valence-electron chi connectivity index (χ4n) is 2.49. The number of amides is 2. The number of hydrazine groups is 1. The number of halogens is 2. The molecule has 0 bridgehead atoms. The van der Waals surface area contributed by atoms with Crippen LogP contribution in [-0.4, -0.2) is 23.5 Å². The van der Waals surface area contributed by atoms with Crippen LogP contribution in [0.4, 0.5) is 0 Å². The highest BCUT2D eigenvalue weighted by molar-refractivity contribution is 9.10. The molecular formula is C21H23BrClN3O3S. The third-order valence-electron chi connectivity index (χ3n) is 4.08. The topological polar surface area (TPSA) is 79.5 Å². The molecule has 9 heteroatoms. The first kappa shape index (κ1) is 24.1. The summed E-state index contributed by atoms with van der Waals surface area (Å²) in [6.07, 6.45) is 0. The maximum absolute atomic E-state index is 12.4. The van der Waals surface area contributed by atoms with Gasteiger partial charge in [0.05, 0.1) is 0 Å². The van der Waals surface area contributed by atoms with Crippen molar-refractivity contribution in [2.45, 2.75) is 33.1 Å². The van der Waals surface area contributed by atoms with Crippen LogP contribution in [0.15, 0.2) is 40.9 Å². The number of nitrogens with one attached hydrogen (secondary N) is 3. The van der Waals surface area contributed by atoms with E-state index in [0.717, 1.165) is 15.6 Å². The van der Waals surface area contributed by atoms with E-state index in [1.54, 1.807) is 30.3 Å². The second-order valence-electron chi connectivity index (χ2n) is 7.60. The fourth-order valence-corrected chi connectivity index (χ4v) is 3.72. The van der Waals surface area contributed by atoms with Crippen LogP contribution in [0, 0.1) is 6.92 Å². The quantitative estimate of drug-likeness (QED) is 0.417. The molecule has 30 heavy (non-hydrogen) atoms. The summed E-state index contributed by atoms with van der Waals surface area (Å²) in [5.41, 5.74) is 7.16. The molecule has 0 saturated heterocycles. The second kappa shape index (κ2) is 10.2. The number of hydrogen-bond acceptors (Lipinski definition) is 4. The summed E-state index contributed by atoms with van der Waals surface area (Å²) in [6.45, 7) is 7.88. The molecule has 6 nitrogen and oxygen atoms in total. The van der Waals surface area contributed by atoms with Gasteiger partial charge in [-0.05, 0) is 66.0 Å². The van der Waals surface area contributed by atoms with Crippen LogP contribution in [0.25, 0.3) is 0 Å². The molecule has 0 aromatic heterocycles. The SMILES string of the molecule is Cc1cc(OCC(=O)NNC(=S)NC(=O)c2ccc(C(C)(C)C)c(Br)c2)ccc1Cl. The van der Waals surface area contributed by atoms with Crippen LogP contribution in [0.3, 0.4) is 0 Å². The third-order valence-corrected chi connectivity index (χ3v) is 5.37. The maximum Gasteiger partial charge on any atom is 0.276 e. The van der Waals surface area contributed by atoms with E-state index in [1.165, 1.54) is 0 Å². The molecule has 0 unspecified atom stereocenters. The number of thiocarbonyl (C=S) groups is 1. The first-order chi connectivity index (χ1) is 14.0. The molecule has 0 aliphatic carbocycles. The molecule has 0 fully saturated rings. The normalized spacial score (nSPS) is 10.9.